The largest absolute Gasteiger partial charge is 0.480 e. The van der Waals surface area contributed by atoms with Gasteiger partial charge in [-0.1, -0.05) is 0 Å². The molecule has 0 unspecified atom stereocenters. The van der Waals surface area contributed by atoms with Crippen LogP contribution in [0.5, 0.6) is 0 Å². The number of carboxylic acids is 1. The molecule has 5 N–H and O–H groups in total. The molecule has 9 nitrogen and oxygen atoms in total. The van der Waals surface area contributed by atoms with E-state index in [4.69, 9.17) is 21.4 Å². The minimum atomic E-state index is -1.28. The Bertz CT molecular complexity index is 502. The van der Waals surface area contributed by atoms with Crippen molar-refractivity contribution in [2.45, 2.75) is 25.0 Å². The van der Waals surface area contributed by atoms with Crippen LogP contribution in [0.15, 0.2) is 0 Å². The summed E-state index contributed by atoms with van der Waals surface area (Å²) in [6, 6.07) is -3.19. The summed E-state index contributed by atoms with van der Waals surface area (Å²) in [6.45, 7) is 1.37. The molecule has 0 aliphatic carbocycles. The van der Waals surface area contributed by atoms with Crippen LogP contribution in [0.2, 0.25) is 0 Å². The van der Waals surface area contributed by atoms with E-state index in [0.717, 1.165) is 11.8 Å². The van der Waals surface area contributed by atoms with Gasteiger partial charge in [0, 0.05) is 11.5 Å². The van der Waals surface area contributed by atoms with Crippen LogP contribution >= 0.6 is 23.5 Å². The van der Waals surface area contributed by atoms with E-state index in [-0.39, 0.29) is 11.5 Å². The van der Waals surface area contributed by atoms with Crippen LogP contribution in [-0.4, -0.2) is 52.5 Å². The van der Waals surface area contributed by atoms with Gasteiger partial charge in [0.15, 0.2) is 0 Å². The second-order valence-electron chi connectivity index (χ2n) is 4.04. The first kappa shape index (κ1) is 20.1. The molecule has 0 saturated carbocycles. The van der Waals surface area contributed by atoms with Gasteiger partial charge in [-0.05, 0) is 30.4 Å². The lowest BCUT2D eigenvalue weighted by atomic mass is 10.2. The van der Waals surface area contributed by atoms with Gasteiger partial charge in [0.25, 0.3) is 0 Å². The van der Waals surface area contributed by atoms with Crippen molar-refractivity contribution in [3.05, 3.63) is 0 Å². The Hall–Kier alpha value is -1.95. The Morgan fingerprint density at radius 2 is 1.68 bits per heavy atom. The van der Waals surface area contributed by atoms with Crippen molar-refractivity contribution in [3.63, 3.8) is 0 Å². The van der Waals surface area contributed by atoms with Crippen LogP contribution < -0.4 is 16.4 Å². The molecule has 120 valence electrons. The molecule has 0 aromatic rings. The Kier molecular flexibility index (Phi) is 9.78. The first-order valence-electron chi connectivity index (χ1n) is 5.94. The lowest BCUT2D eigenvalue weighted by Crippen LogP contribution is -2.54. The number of carbonyl (C=O) groups is 3. The van der Waals surface area contributed by atoms with Crippen molar-refractivity contribution in [3.8, 4) is 10.8 Å². The molecule has 0 bridgehead atoms. The monoisotopic (exact) mass is 345 g/mol. The van der Waals surface area contributed by atoms with E-state index < -0.39 is 35.9 Å². The van der Waals surface area contributed by atoms with Crippen molar-refractivity contribution in [2.24, 2.45) is 5.73 Å². The first-order chi connectivity index (χ1) is 10.3. The zero-order chi connectivity index (χ0) is 17.1. The summed E-state index contributed by atoms with van der Waals surface area (Å²) in [6.07, 6.45) is 0. The van der Waals surface area contributed by atoms with E-state index in [2.05, 4.69) is 10.6 Å². The molecule has 11 heteroatoms. The third kappa shape index (κ3) is 7.73. The number of aliphatic carboxylic acids is 1. The average molecular weight is 345 g/mol. The van der Waals surface area contributed by atoms with E-state index in [1.165, 1.54) is 6.92 Å². The van der Waals surface area contributed by atoms with Crippen LogP contribution in [0, 0.1) is 21.3 Å². The zero-order valence-corrected chi connectivity index (χ0v) is 13.2. The van der Waals surface area contributed by atoms with Gasteiger partial charge in [0.05, 0.1) is 6.04 Å². The normalized spacial score (nSPS) is 13.8. The van der Waals surface area contributed by atoms with Crippen LogP contribution in [0.3, 0.4) is 0 Å². The van der Waals surface area contributed by atoms with E-state index in [9.17, 15) is 14.4 Å². The first-order valence-corrected chi connectivity index (χ1v) is 7.91. The summed E-state index contributed by atoms with van der Waals surface area (Å²) in [5.41, 5.74) is 5.52. The van der Waals surface area contributed by atoms with Crippen molar-refractivity contribution in [1.29, 1.82) is 10.5 Å². The zero-order valence-electron chi connectivity index (χ0n) is 11.6. The van der Waals surface area contributed by atoms with Gasteiger partial charge in [-0.15, -0.1) is 0 Å². The molecule has 0 spiro atoms. The van der Waals surface area contributed by atoms with Crippen molar-refractivity contribution in [1.82, 2.24) is 10.6 Å². The number of thioether (sulfide) groups is 2. The van der Waals surface area contributed by atoms with Crippen molar-refractivity contribution >= 4 is 41.3 Å². The molecule has 22 heavy (non-hydrogen) atoms. The topological polar surface area (TPSA) is 169 Å². The number of hydrogen-bond donors (Lipinski definition) is 4. The number of carboxylic acid groups (broad SMARTS) is 1. The molecule has 0 aromatic carbocycles. The van der Waals surface area contributed by atoms with Crippen LogP contribution in [0.1, 0.15) is 6.92 Å². The highest BCUT2D eigenvalue weighted by Crippen LogP contribution is 2.02. The maximum Gasteiger partial charge on any atom is 0.327 e. The number of nitriles is 2. The van der Waals surface area contributed by atoms with Gasteiger partial charge in [-0.2, -0.15) is 10.5 Å². The number of amides is 2. The molecule has 0 rings (SSSR count). The maximum absolute atomic E-state index is 11.8. The summed E-state index contributed by atoms with van der Waals surface area (Å²) in [4.78, 5) is 34.4. The Morgan fingerprint density at radius 3 is 2.18 bits per heavy atom. The highest BCUT2D eigenvalue weighted by Gasteiger charge is 2.25. The fraction of sp³-hybridized carbons (Fsp3) is 0.545. The molecule has 0 radical (unpaired) electrons. The van der Waals surface area contributed by atoms with Gasteiger partial charge >= 0.3 is 5.97 Å². The van der Waals surface area contributed by atoms with E-state index in [1.807, 2.05) is 0 Å². The third-order valence-electron chi connectivity index (χ3n) is 2.35. The number of nitrogens with zero attached hydrogens (tertiary/aromatic N) is 2. The molecule has 0 aliphatic rings. The summed E-state index contributed by atoms with van der Waals surface area (Å²) >= 11 is 1.51. The standard InChI is InChI=1S/C11H15N5O4S2/c1-6(15-10(18)7(14)2-21-4-12)9(17)16-8(11(19)20)3-22-5-13/h6-8H,2-3,14H2,1H3,(H,15,18)(H,16,17)(H,19,20)/t6-,7-,8-/m0/s1. The maximum atomic E-state index is 11.8. The molecule has 0 aliphatic heterocycles. The predicted molar refractivity (Wildman–Crippen MR) is 81.3 cm³/mol. The van der Waals surface area contributed by atoms with E-state index in [0.29, 0.717) is 11.8 Å². The fourth-order valence-electron chi connectivity index (χ4n) is 1.18. The molecule has 2 amide bonds. The second kappa shape index (κ2) is 10.7. The number of hydrogen-bond acceptors (Lipinski definition) is 8. The molecule has 3 atom stereocenters. The van der Waals surface area contributed by atoms with E-state index in [1.54, 1.807) is 10.8 Å². The van der Waals surface area contributed by atoms with Crippen molar-refractivity contribution < 1.29 is 19.5 Å². The minimum absolute atomic E-state index is 0.0766. The van der Waals surface area contributed by atoms with Crippen LogP contribution in [0.25, 0.3) is 0 Å². The number of nitrogens with two attached hydrogens (primary N) is 1. The lowest BCUT2D eigenvalue weighted by Gasteiger charge is -2.19. The Labute approximate surface area is 135 Å². The van der Waals surface area contributed by atoms with Gasteiger partial charge < -0.3 is 21.5 Å². The summed E-state index contributed by atoms with van der Waals surface area (Å²) < 4.78 is 0. The SMILES string of the molecule is C[C@H](NC(=O)[C@@H](N)CSC#N)C(=O)N[C@@H](CSC#N)C(=O)O. The lowest BCUT2D eigenvalue weighted by molar-refractivity contribution is -0.141. The quantitative estimate of drug-likeness (QED) is 0.375. The summed E-state index contributed by atoms with van der Waals surface area (Å²) in [5.74, 6) is -2.65. The Balaban J connectivity index is 4.47. The van der Waals surface area contributed by atoms with Gasteiger partial charge in [-0.25, -0.2) is 4.79 Å². The van der Waals surface area contributed by atoms with Crippen LogP contribution in [-0.2, 0) is 14.4 Å². The van der Waals surface area contributed by atoms with Gasteiger partial charge in [0.1, 0.15) is 22.9 Å². The number of thiocyanates is 2. The van der Waals surface area contributed by atoms with E-state index >= 15 is 0 Å². The minimum Gasteiger partial charge on any atom is -0.480 e. The molecule has 0 fully saturated rings. The fourth-order valence-corrected chi connectivity index (χ4v) is 2.05. The van der Waals surface area contributed by atoms with Gasteiger partial charge in [-0.3, -0.25) is 9.59 Å². The smallest absolute Gasteiger partial charge is 0.327 e. The summed E-state index contributed by atoms with van der Waals surface area (Å²) in [7, 11) is 0. The molecule has 0 heterocycles. The molecular formula is C11H15N5O4S2. The molecule has 0 aromatic heterocycles. The number of nitrogens with one attached hydrogen (secondary N) is 2. The number of carbonyl (C=O) groups excluding carboxylic acids is 2. The Morgan fingerprint density at radius 1 is 1.14 bits per heavy atom. The molecular weight excluding hydrogens is 330 g/mol. The average Bonchev–Trinajstić information content (AvgIpc) is 2.47. The van der Waals surface area contributed by atoms with Gasteiger partial charge in [0.2, 0.25) is 11.8 Å². The second-order valence-corrected chi connectivity index (χ2v) is 5.65. The molecule has 0 saturated heterocycles. The summed E-state index contributed by atoms with van der Waals surface area (Å²) in [5, 5.41) is 33.7. The predicted octanol–water partition coefficient (Wildman–Crippen LogP) is -1.18. The third-order valence-corrected chi connectivity index (χ3v) is 3.63. The number of rotatable bonds is 9. The van der Waals surface area contributed by atoms with Crippen LogP contribution in [0.4, 0.5) is 0 Å². The van der Waals surface area contributed by atoms with Crippen molar-refractivity contribution in [2.75, 3.05) is 11.5 Å². The highest BCUT2D eigenvalue weighted by atomic mass is 32.2. The highest BCUT2D eigenvalue weighted by molar-refractivity contribution is 8.04.